The van der Waals surface area contributed by atoms with Crippen molar-refractivity contribution in [2.45, 2.75) is 38.8 Å². The van der Waals surface area contributed by atoms with E-state index in [1.165, 1.54) is 0 Å². The second kappa shape index (κ2) is 7.18. The van der Waals surface area contributed by atoms with Crippen LogP contribution in [0.3, 0.4) is 0 Å². The Labute approximate surface area is 142 Å². The standard InChI is InChI=1S/C19H25N3O2/c1-14(23)17-13-22(18-8-4-3-7-16(17)18)11-9-19(24)20-15-6-5-10-21(2)12-15/h3-4,7-8,13,15H,5-6,9-12H2,1-2H3,(H,20,24)/t15-/m0/s1. The maximum Gasteiger partial charge on any atom is 0.222 e. The summed E-state index contributed by atoms with van der Waals surface area (Å²) in [6, 6.07) is 8.10. The van der Waals surface area contributed by atoms with Gasteiger partial charge in [0.25, 0.3) is 0 Å². The van der Waals surface area contributed by atoms with Gasteiger partial charge in [-0.2, -0.15) is 0 Å². The Kier molecular flexibility index (Phi) is 5.00. The summed E-state index contributed by atoms with van der Waals surface area (Å²) in [6.45, 7) is 4.20. The first-order valence-electron chi connectivity index (χ1n) is 8.61. The largest absolute Gasteiger partial charge is 0.352 e. The number of carbonyl (C=O) groups is 2. The van der Waals surface area contributed by atoms with Crippen LogP contribution in [0, 0.1) is 0 Å². The summed E-state index contributed by atoms with van der Waals surface area (Å²) in [5.41, 5.74) is 1.73. The Morgan fingerprint density at radius 3 is 2.83 bits per heavy atom. The van der Waals surface area contributed by atoms with Crippen LogP contribution in [0.1, 0.15) is 36.5 Å². The van der Waals surface area contributed by atoms with Crippen LogP contribution in [-0.4, -0.2) is 47.3 Å². The molecule has 1 saturated heterocycles. The van der Waals surface area contributed by atoms with Crippen LogP contribution in [0.5, 0.6) is 0 Å². The van der Waals surface area contributed by atoms with E-state index in [9.17, 15) is 9.59 Å². The predicted molar refractivity (Wildman–Crippen MR) is 95.2 cm³/mol. The molecule has 0 radical (unpaired) electrons. The second-order valence-electron chi connectivity index (χ2n) is 6.73. The number of nitrogens with zero attached hydrogens (tertiary/aromatic N) is 2. The number of amides is 1. The van der Waals surface area contributed by atoms with Crippen molar-refractivity contribution in [3.8, 4) is 0 Å². The normalized spacial score (nSPS) is 18.7. The van der Waals surface area contributed by atoms with Crippen LogP contribution in [0.15, 0.2) is 30.5 Å². The molecule has 128 valence electrons. The molecule has 5 nitrogen and oxygen atoms in total. The van der Waals surface area contributed by atoms with Crippen LogP contribution in [0.2, 0.25) is 0 Å². The van der Waals surface area contributed by atoms with Gasteiger partial charge in [0.15, 0.2) is 5.78 Å². The molecule has 0 spiro atoms. The van der Waals surface area contributed by atoms with Crippen molar-refractivity contribution in [2.75, 3.05) is 20.1 Å². The Balaban J connectivity index is 1.65. The lowest BCUT2D eigenvalue weighted by molar-refractivity contribution is -0.122. The zero-order valence-corrected chi connectivity index (χ0v) is 14.4. The van der Waals surface area contributed by atoms with E-state index in [-0.39, 0.29) is 17.7 Å². The van der Waals surface area contributed by atoms with Crippen LogP contribution < -0.4 is 5.32 Å². The minimum absolute atomic E-state index is 0.0552. The maximum atomic E-state index is 12.3. The fraction of sp³-hybridized carbons (Fsp3) is 0.474. The summed E-state index contributed by atoms with van der Waals surface area (Å²) in [6.07, 6.45) is 4.48. The number of para-hydroxylation sites is 1. The first kappa shape index (κ1) is 16.7. The molecule has 1 aliphatic rings. The van der Waals surface area contributed by atoms with Gasteiger partial charge in [0.1, 0.15) is 0 Å². The third-order valence-corrected chi connectivity index (χ3v) is 4.74. The summed E-state index contributed by atoms with van der Waals surface area (Å²) in [5, 5.41) is 4.09. The number of piperidine rings is 1. The van der Waals surface area contributed by atoms with Gasteiger partial charge < -0.3 is 14.8 Å². The third kappa shape index (κ3) is 3.67. The van der Waals surface area contributed by atoms with Gasteiger partial charge in [-0.1, -0.05) is 18.2 Å². The lowest BCUT2D eigenvalue weighted by atomic mass is 10.1. The van der Waals surface area contributed by atoms with Gasteiger partial charge in [-0.15, -0.1) is 0 Å². The lowest BCUT2D eigenvalue weighted by Crippen LogP contribution is -2.46. The fourth-order valence-electron chi connectivity index (χ4n) is 3.52. The summed E-state index contributed by atoms with van der Waals surface area (Å²) >= 11 is 0. The van der Waals surface area contributed by atoms with Crippen molar-refractivity contribution in [3.05, 3.63) is 36.0 Å². The average Bonchev–Trinajstić information content (AvgIpc) is 2.92. The van der Waals surface area contributed by atoms with Gasteiger partial charge >= 0.3 is 0 Å². The van der Waals surface area contributed by atoms with Gasteiger partial charge in [-0.25, -0.2) is 0 Å². The minimum atomic E-state index is 0.0552. The van der Waals surface area contributed by atoms with Crippen molar-refractivity contribution < 1.29 is 9.59 Å². The van der Waals surface area contributed by atoms with Crippen molar-refractivity contribution in [1.29, 1.82) is 0 Å². The molecule has 1 aliphatic heterocycles. The third-order valence-electron chi connectivity index (χ3n) is 4.74. The van der Waals surface area contributed by atoms with E-state index in [0.29, 0.717) is 13.0 Å². The molecule has 1 amide bonds. The SMILES string of the molecule is CC(=O)c1cn(CCC(=O)N[C@H]2CCCN(C)C2)c2ccccc12. The lowest BCUT2D eigenvalue weighted by Gasteiger charge is -2.30. The monoisotopic (exact) mass is 327 g/mol. The zero-order valence-electron chi connectivity index (χ0n) is 14.4. The number of likely N-dealkylation sites (N-methyl/N-ethyl adjacent to an activating group) is 1. The second-order valence-corrected chi connectivity index (χ2v) is 6.73. The Morgan fingerprint density at radius 1 is 1.29 bits per heavy atom. The highest BCUT2D eigenvalue weighted by Crippen LogP contribution is 2.22. The molecule has 0 bridgehead atoms. The van der Waals surface area contributed by atoms with Gasteiger partial charge in [0.2, 0.25) is 5.91 Å². The molecule has 1 fully saturated rings. The number of aryl methyl sites for hydroxylation is 1. The van der Waals surface area contributed by atoms with E-state index >= 15 is 0 Å². The van der Waals surface area contributed by atoms with Gasteiger partial charge in [-0.3, -0.25) is 9.59 Å². The molecule has 5 heteroatoms. The molecule has 0 aliphatic carbocycles. The Bertz CT molecular complexity index is 750. The average molecular weight is 327 g/mol. The molecular weight excluding hydrogens is 302 g/mol. The maximum absolute atomic E-state index is 12.3. The van der Waals surface area contributed by atoms with E-state index in [0.717, 1.165) is 42.4 Å². The Morgan fingerprint density at radius 2 is 2.08 bits per heavy atom. The van der Waals surface area contributed by atoms with Crippen LogP contribution in [0.4, 0.5) is 0 Å². The highest BCUT2D eigenvalue weighted by molar-refractivity contribution is 6.06. The van der Waals surface area contributed by atoms with E-state index in [1.54, 1.807) is 6.92 Å². The molecular formula is C19H25N3O2. The molecule has 1 atom stereocenters. The zero-order chi connectivity index (χ0) is 17.1. The molecule has 2 heterocycles. The number of fused-ring (bicyclic) bond motifs is 1. The molecule has 1 aromatic carbocycles. The van der Waals surface area contributed by atoms with E-state index < -0.39 is 0 Å². The number of likely N-dealkylation sites (tertiary alicyclic amines) is 1. The number of carbonyl (C=O) groups excluding carboxylic acids is 2. The first-order valence-corrected chi connectivity index (χ1v) is 8.61. The van der Waals surface area contributed by atoms with Gasteiger partial charge in [0, 0.05) is 48.2 Å². The first-order chi connectivity index (χ1) is 11.5. The number of rotatable bonds is 5. The van der Waals surface area contributed by atoms with E-state index in [1.807, 2.05) is 35.0 Å². The smallest absolute Gasteiger partial charge is 0.222 e. The number of ketones is 1. The number of benzene rings is 1. The van der Waals surface area contributed by atoms with Crippen molar-refractivity contribution in [2.24, 2.45) is 0 Å². The summed E-state index contributed by atoms with van der Waals surface area (Å²) in [4.78, 5) is 26.3. The Hall–Kier alpha value is -2.14. The van der Waals surface area contributed by atoms with Crippen molar-refractivity contribution in [1.82, 2.24) is 14.8 Å². The van der Waals surface area contributed by atoms with Gasteiger partial charge in [0.05, 0.1) is 0 Å². The quantitative estimate of drug-likeness (QED) is 0.858. The number of Topliss-reactive ketones (excluding diaryl/α,β-unsaturated/α-hetero) is 1. The van der Waals surface area contributed by atoms with Crippen molar-refractivity contribution >= 4 is 22.6 Å². The summed E-state index contributed by atoms with van der Waals surface area (Å²) < 4.78 is 2.01. The molecule has 3 rings (SSSR count). The van der Waals surface area contributed by atoms with Crippen LogP contribution in [0.25, 0.3) is 10.9 Å². The fourth-order valence-corrected chi connectivity index (χ4v) is 3.52. The summed E-state index contributed by atoms with van der Waals surface area (Å²) in [5.74, 6) is 0.136. The highest BCUT2D eigenvalue weighted by atomic mass is 16.1. The summed E-state index contributed by atoms with van der Waals surface area (Å²) in [7, 11) is 2.09. The van der Waals surface area contributed by atoms with Crippen LogP contribution >= 0.6 is 0 Å². The minimum Gasteiger partial charge on any atom is -0.352 e. The number of nitrogens with one attached hydrogen (secondary N) is 1. The molecule has 1 N–H and O–H groups in total. The van der Waals surface area contributed by atoms with E-state index in [4.69, 9.17) is 0 Å². The van der Waals surface area contributed by atoms with Crippen molar-refractivity contribution in [3.63, 3.8) is 0 Å². The highest BCUT2D eigenvalue weighted by Gasteiger charge is 2.19. The van der Waals surface area contributed by atoms with Gasteiger partial charge in [-0.05, 0) is 39.4 Å². The molecule has 24 heavy (non-hydrogen) atoms. The molecule has 0 saturated carbocycles. The molecule has 2 aromatic rings. The predicted octanol–water partition coefficient (Wildman–Crippen LogP) is 2.44. The number of hydrogen-bond acceptors (Lipinski definition) is 3. The van der Waals surface area contributed by atoms with E-state index in [2.05, 4.69) is 17.3 Å². The topological polar surface area (TPSA) is 54.3 Å². The number of hydrogen-bond donors (Lipinski definition) is 1. The molecule has 0 unspecified atom stereocenters. The molecule has 1 aromatic heterocycles. The number of aromatic nitrogens is 1. The van der Waals surface area contributed by atoms with Crippen LogP contribution in [-0.2, 0) is 11.3 Å².